The fourth-order valence-electron chi connectivity index (χ4n) is 4.46. The van der Waals surface area contributed by atoms with Gasteiger partial charge in [0.1, 0.15) is 0 Å². The van der Waals surface area contributed by atoms with E-state index >= 15 is 0 Å². The number of alkyl halides is 1. The molecule has 0 N–H and O–H groups in total. The first-order valence-corrected chi connectivity index (χ1v) is 13.9. The molecule has 1 aliphatic rings. The van der Waals surface area contributed by atoms with Crippen molar-refractivity contribution in [1.29, 1.82) is 0 Å². The van der Waals surface area contributed by atoms with E-state index in [4.69, 9.17) is 0 Å². The molecule has 4 heteroatoms. The van der Waals surface area contributed by atoms with E-state index in [0.29, 0.717) is 17.7 Å². The Hall–Kier alpha value is -1.16. The first-order valence-electron chi connectivity index (χ1n) is 12.8. The summed E-state index contributed by atoms with van der Waals surface area (Å²) < 4.78 is 0. The lowest BCUT2D eigenvalue weighted by Crippen LogP contribution is -2.30. The molecular weight excluding hydrogens is 450 g/mol. The van der Waals surface area contributed by atoms with Crippen LogP contribution in [-0.2, 0) is 0 Å². The molecule has 3 nitrogen and oxygen atoms in total. The van der Waals surface area contributed by atoms with Crippen molar-refractivity contribution < 1.29 is 9.59 Å². The van der Waals surface area contributed by atoms with Gasteiger partial charge in [-0.05, 0) is 25.0 Å². The van der Waals surface area contributed by atoms with Crippen LogP contribution in [0.2, 0.25) is 0 Å². The number of hydrogen-bond acceptors (Lipinski definition) is 2. The molecule has 174 valence electrons. The molecule has 0 fully saturated rings. The minimum atomic E-state index is -0.120. The third-order valence-electron chi connectivity index (χ3n) is 6.39. The second-order valence-corrected chi connectivity index (χ2v) is 9.80. The van der Waals surface area contributed by atoms with E-state index in [1.165, 1.54) is 101 Å². The van der Waals surface area contributed by atoms with Crippen molar-refractivity contribution in [2.45, 2.75) is 109 Å². The number of halogens is 1. The Balaban J connectivity index is 1.33. The summed E-state index contributed by atoms with van der Waals surface area (Å²) in [5.41, 5.74) is 1.13. The third-order valence-corrected chi connectivity index (χ3v) is 6.95. The number of hydrogen-bond donors (Lipinski definition) is 0. The Morgan fingerprint density at radius 2 is 0.839 bits per heavy atom. The quantitative estimate of drug-likeness (QED) is 0.111. The summed E-state index contributed by atoms with van der Waals surface area (Å²) in [6.07, 6.45) is 22.6. The van der Waals surface area contributed by atoms with Crippen LogP contribution in [0.4, 0.5) is 0 Å². The smallest absolute Gasteiger partial charge is 0.261 e. The molecule has 1 aromatic carbocycles. The van der Waals surface area contributed by atoms with Crippen molar-refractivity contribution in [2.75, 3.05) is 11.9 Å². The molecule has 0 spiro atoms. The highest BCUT2D eigenvalue weighted by molar-refractivity contribution is 9.09. The van der Waals surface area contributed by atoms with E-state index in [-0.39, 0.29) is 11.8 Å². The average Bonchev–Trinajstić information content (AvgIpc) is 3.03. The predicted octanol–water partition coefficient (Wildman–Crippen LogP) is 8.31. The molecule has 0 radical (unpaired) electrons. The van der Waals surface area contributed by atoms with Gasteiger partial charge in [-0.2, -0.15) is 0 Å². The van der Waals surface area contributed by atoms with Crippen LogP contribution in [-0.4, -0.2) is 28.6 Å². The van der Waals surface area contributed by atoms with Crippen molar-refractivity contribution in [2.24, 2.45) is 0 Å². The Labute approximate surface area is 198 Å². The second-order valence-electron chi connectivity index (χ2n) is 9.01. The van der Waals surface area contributed by atoms with Crippen molar-refractivity contribution in [3.63, 3.8) is 0 Å². The van der Waals surface area contributed by atoms with Gasteiger partial charge in [-0.15, -0.1) is 0 Å². The van der Waals surface area contributed by atoms with Crippen molar-refractivity contribution in [3.8, 4) is 0 Å². The number of imide groups is 1. The molecule has 0 atom stereocenters. The van der Waals surface area contributed by atoms with E-state index < -0.39 is 0 Å². The maximum absolute atomic E-state index is 12.3. The van der Waals surface area contributed by atoms with Crippen LogP contribution in [0.25, 0.3) is 0 Å². The zero-order valence-corrected chi connectivity index (χ0v) is 21.0. The van der Waals surface area contributed by atoms with Gasteiger partial charge >= 0.3 is 0 Å². The highest BCUT2D eigenvalue weighted by Crippen LogP contribution is 2.23. The maximum Gasteiger partial charge on any atom is 0.261 e. The van der Waals surface area contributed by atoms with Crippen LogP contribution < -0.4 is 0 Å². The Morgan fingerprint density at radius 1 is 0.516 bits per heavy atom. The van der Waals surface area contributed by atoms with Gasteiger partial charge < -0.3 is 0 Å². The van der Waals surface area contributed by atoms with Crippen molar-refractivity contribution in [3.05, 3.63) is 35.4 Å². The molecule has 0 saturated carbocycles. The van der Waals surface area contributed by atoms with Gasteiger partial charge in [0.2, 0.25) is 0 Å². The summed E-state index contributed by atoms with van der Waals surface area (Å²) in [6.45, 7) is 0.559. The number of amides is 2. The molecule has 0 unspecified atom stereocenters. The van der Waals surface area contributed by atoms with Crippen molar-refractivity contribution in [1.82, 2.24) is 4.90 Å². The minimum absolute atomic E-state index is 0.120. The molecule has 1 aliphatic heterocycles. The number of rotatable bonds is 19. The summed E-state index contributed by atoms with van der Waals surface area (Å²) >= 11 is 3.49. The molecule has 0 aliphatic carbocycles. The highest BCUT2D eigenvalue weighted by atomic mass is 79.9. The summed E-state index contributed by atoms with van der Waals surface area (Å²) in [4.78, 5) is 26.1. The largest absolute Gasteiger partial charge is 0.274 e. The minimum Gasteiger partial charge on any atom is -0.274 e. The van der Waals surface area contributed by atoms with Gasteiger partial charge in [-0.3, -0.25) is 14.5 Å². The van der Waals surface area contributed by atoms with Crippen LogP contribution >= 0.6 is 15.9 Å². The topological polar surface area (TPSA) is 37.4 Å². The van der Waals surface area contributed by atoms with Crippen molar-refractivity contribution >= 4 is 27.7 Å². The maximum atomic E-state index is 12.3. The number of carbonyl (C=O) groups is 2. The molecule has 1 aromatic rings. The fraction of sp³-hybridized carbons (Fsp3) is 0.704. The molecule has 0 aromatic heterocycles. The molecule has 31 heavy (non-hydrogen) atoms. The van der Waals surface area contributed by atoms with E-state index in [1.807, 2.05) is 12.1 Å². The highest BCUT2D eigenvalue weighted by Gasteiger charge is 2.34. The molecule has 0 bridgehead atoms. The van der Waals surface area contributed by atoms with Crippen LogP contribution in [0, 0.1) is 0 Å². The predicted molar refractivity (Wildman–Crippen MR) is 134 cm³/mol. The van der Waals surface area contributed by atoms with Gasteiger partial charge in [0, 0.05) is 11.9 Å². The SMILES string of the molecule is O=C1c2ccccc2C(=O)N1CCCCCCCCCCCCCCCCCCCBr. The van der Waals surface area contributed by atoms with Gasteiger partial charge in [-0.25, -0.2) is 0 Å². The lowest BCUT2D eigenvalue weighted by atomic mass is 10.0. The van der Waals surface area contributed by atoms with Gasteiger partial charge in [0.05, 0.1) is 11.1 Å². The summed E-state index contributed by atoms with van der Waals surface area (Å²) in [5.74, 6) is -0.239. The number of unbranched alkanes of at least 4 members (excludes halogenated alkanes) is 16. The van der Waals surface area contributed by atoms with Crippen LogP contribution in [0.15, 0.2) is 24.3 Å². The normalized spacial score (nSPS) is 13.3. The second kappa shape index (κ2) is 16.5. The van der Waals surface area contributed by atoms with E-state index in [1.54, 1.807) is 12.1 Å². The molecule has 1 heterocycles. The molecule has 0 saturated heterocycles. The lowest BCUT2D eigenvalue weighted by Gasteiger charge is -2.13. The summed E-state index contributed by atoms with van der Waals surface area (Å²) in [6, 6.07) is 7.15. The number of benzene rings is 1. The van der Waals surface area contributed by atoms with E-state index in [0.717, 1.165) is 18.2 Å². The standard InChI is InChI=1S/C27H42BrNO2/c28-22-18-14-12-10-8-6-4-2-1-3-5-7-9-11-13-15-19-23-29-26(30)24-20-16-17-21-25(24)27(29)31/h16-17,20-21H,1-15,18-19,22-23H2. The van der Waals surface area contributed by atoms with Crippen LogP contribution in [0.3, 0.4) is 0 Å². The first kappa shape index (κ1) is 26.1. The number of nitrogens with zero attached hydrogens (tertiary/aromatic N) is 1. The molecule has 2 amide bonds. The number of carbonyl (C=O) groups excluding carboxylic acids is 2. The summed E-state index contributed by atoms with van der Waals surface area (Å²) in [7, 11) is 0. The van der Waals surface area contributed by atoms with Gasteiger partial charge in [0.15, 0.2) is 0 Å². The Bertz CT molecular complexity index is 611. The molecular formula is C27H42BrNO2. The van der Waals surface area contributed by atoms with Gasteiger partial charge in [-0.1, -0.05) is 124 Å². The van der Waals surface area contributed by atoms with Crippen LogP contribution in [0.5, 0.6) is 0 Å². The fourth-order valence-corrected chi connectivity index (χ4v) is 4.85. The zero-order valence-electron chi connectivity index (χ0n) is 19.4. The Morgan fingerprint density at radius 3 is 1.19 bits per heavy atom. The molecule has 2 rings (SSSR count). The number of fused-ring (bicyclic) bond motifs is 1. The zero-order chi connectivity index (χ0) is 22.2. The Kier molecular flexibility index (Phi) is 13.9. The first-order chi connectivity index (χ1) is 15.3. The van der Waals surface area contributed by atoms with Crippen LogP contribution in [0.1, 0.15) is 130 Å². The average molecular weight is 493 g/mol. The third kappa shape index (κ3) is 9.89. The summed E-state index contributed by atoms with van der Waals surface area (Å²) in [5, 5.41) is 1.16. The van der Waals surface area contributed by atoms with Gasteiger partial charge in [0.25, 0.3) is 11.8 Å². The van der Waals surface area contributed by atoms with E-state index in [9.17, 15) is 9.59 Å². The lowest BCUT2D eigenvalue weighted by molar-refractivity contribution is 0.0651. The van der Waals surface area contributed by atoms with E-state index in [2.05, 4.69) is 15.9 Å². The monoisotopic (exact) mass is 491 g/mol.